The normalized spacial score (nSPS) is 22.8. The number of nitrogens with zero attached hydrogens (tertiary/aromatic N) is 1. The Labute approximate surface area is 104 Å². The molecule has 1 atom stereocenters. The van der Waals surface area contributed by atoms with Crippen molar-refractivity contribution in [3.8, 4) is 0 Å². The van der Waals surface area contributed by atoms with Crippen LogP contribution in [-0.2, 0) is 14.8 Å². The Kier molecular flexibility index (Phi) is 7.50. The first kappa shape index (κ1) is 16.1. The summed E-state index contributed by atoms with van der Waals surface area (Å²) in [7, 11) is -1.51. The summed E-state index contributed by atoms with van der Waals surface area (Å²) in [5.41, 5.74) is 0. The molecule has 16 heavy (non-hydrogen) atoms. The molecule has 0 spiro atoms. The lowest BCUT2D eigenvalue weighted by Gasteiger charge is -2.32. The Balaban J connectivity index is 0.00000225. The fourth-order valence-electron chi connectivity index (χ4n) is 1.74. The van der Waals surface area contributed by atoms with Crippen LogP contribution in [0.2, 0.25) is 0 Å². The standard InChI is InChI=1S/C9H20N2O3S.ClH/c1-9-8-10-4-5-11(9)15(12,13)7-3-6-14-2;/h9-10H,3-8H2,1-2H3;1H. The minimum absolute atomic E-state index is 0. The second kappa shape index (κ2) is 7.45. The molecule has 5 nitrogen and oxygen atoms in total. The number of sulfonamides is 1. The van der Waals surface area contributed by atoms with E-state index < -0.39 is 10.0 Å². The Bertz CT molecular complexity index is 284. The number of nitrogens with one attached hydrogen (secondary N) is 1. The van der Waals surface area contributed by atoms with Gasteiger partial charge in [0.25, 0.3) is 0 Å². The minimum Gasteiger partial charge on any atom is -0.385 e. The molecule has 0 amide bonds. The third-order valence-electron chi connectivity index (χ3n) is 2.55. The third kappa shape index (κ3) is 4.55. The monoisotopic (exact) mass is 272 g/mol. The molecule has 1 aliphatic heterocycles. The molecule has 1 fully saturated rings. The quantitative estimate of drug-likeness (QED) is 0.720. The molecule has 98 valence electrons. The smallest absolute Gasteiger partial charge is 0.214 e. The zero-order chi connectivity index (χ0) is 11.3. The maximum atomic E-state index is 11.9. The van der Waals surface area contributed by atoms with Gasteiger partial charge in [0.2, 0.25) is 10.0 Å². The fraction of sp³-hybridized carbons (Fsp3) is 1.00. The summed E-state index contributed by atoms with van der Waals surface area (Å²) in [5.74, 6) is 0.186. The number of piperazine rings is 1. The molecule has 0 aliphatic carbocycles. The van der Waals surface area contributed by atoms with Gasteiger partial charge < -0.3 is 10.1 Å². The van der Waals surface area contributed by atoms with Crippen molar-refractivity contribution in [1.82, 2.24) is 9.62 Å². The highest BCUT2D eigenvalue weighted by atomic mass is 35.5. The Morgan fingerprint density at radius 1 is 1.50 bits per heavy atom. The Hall–Kier alpha value is 0.120. The lowest BCUT2D eigenvalue weighted by molar-refractivity contribution is 0.198. The molecular formula is C9H21ClN2O3S. The predicted molar refractivity (Wildman–Crippen MR) is 66.6 cm³/mol. The predicted octanol–water partition coefficient (Wildman–Crippen LogP) is 0.0682. The first-order valence-corrected chi connectivity index (χ1v) is 6.88. The zero-order valence-electron chi connectivity index (χ0n) is 9.81. The van der Waals surface area contributed by atoms with Crippen LogP contribution < -0.4 is 5.32 Å². The molecule has 1 heterocycles. The van der Waals surface area contributed by atoms with Gasteiger partial charge in [-0.1, -0.05) is 0 Å². The van der Waals surface area contributed by atoms with Crippen LogP contribution in [0, 0.1) is 0 Å². The molecule has 0 bridgehead atoms. The number of ether oxygens (including phenoxy) is 1. The van der Waals surface area contributed by atoms with Crippen LogP contribution in [0.4, 0.5) is 0 Å². The van der Waals surface area contributed by atoms with E-state index in [2.05, 4.69) is 5.32 Å². The van der Waals surface area contributed by atoms with Crippen LogP contribution in [0.25, 0.3) is 0 Å². The van der Waals surface area contributed by atoms with Crippen LogP contribution in [0.1, 0.15) is 13.3 Å². The highest BCUT2D eigenvalue weighted by molar-refractivity contribution is 7.89. The van der Waals surface area contributed by atoms with E-state index in [1.807, 2.05) is 6.92 Å². The maximum Gasteiger partial charge on any atom is 0.214 e. The van der Waals surface area contributed by atoms with Gasteiger partial charge in [0, 0.05) is 39.4 Å². The van der Waals surface area contributed by atoms with E-state index in [9.17, 15) is 8.42 Å². The van der Waals surface area contributed by atoms with Crippen molar-refractivity contribution in [2.75, 3.05) is 39.1 Å². The lowest BCUT2D eigenvalue weighted by Crippen LogP contribution is -2.52. The van der Waals surface area contributed by atoms with E-state index in [0.29, 0.717) is 19.6 Å². The van der Waals surface area contributed by atoms with Gasteiger partial charge >= 0.3 is 0 Å². The number of hydrogen-bond donors (Lipinski definition) is 1. The summed E-state index contributed by atoms with van der Waals surface area (Å²) in [6, 6.07) is 0.0614. The first-order valence-electron chi connectivity index (χ1n) is 5.27. The van der Waals surface area contributed by atoms with Crippen LogP contribution in [0.5, 0.6) is 0 Å². The molecule has 1 aliphatic rings. The van der Waals surface area contributed by atoms with E-state index in [1.165, 1.54) is 0 Å². The molecule has 1 N–H and O–H groups in total. The van der Waals surface area contributed by atoms with Gasteiger partial charge in [0.05, 0.1) is 5.75 Å². The summed E-state index contributed by atoms with van der Waals surface area (Å²) >= 11 is 0. The summed E-state index contributed by atoms with van der Waals surface area (Å²) < 4.78 is 30.3. The SMILES string of the molecule is COCCCS(=O)(=O)N1CCNCC1C.Cl. The zero-order valence-corrected chi connectivity index (χ0v) is 11.4. The van der Waals surface area contributed by atoms with Gasteiger partial charge in [-0.05, 0) is 13.3 Å². The van der Waals surface area contributed by atoms with Crippen molar-refractivity contribution in [3.63, 3.8) is 0 Å². The van der Waals surface area contributed by atoms with Gasteiger partial charge in [-0.3, -0.25) is 0 Å². The lowest BCUT2D eigenvalue weighted by atomic mass is 10.3. The highest BCUT2D eigenvalue weighted by Crippen LogP contribution is 2.10. The van der Waals surface area contributed by atoms with Crippen LogP contribution in [0.3, 0.4) is 0 Å². The Morgan fingerprint density at radius 3 is 2.75 bits per heavy atom. The molecule has 1 unspecified atom stereocenters. The molecule has 1 saturated heterocycles. The highest BCUT2D eigenvalue weighted by Gasteiger charge is 2.28. The van der Waals surface area contributed by atoms with Crippen LogP contribution >= 0.6 is 12.4 Å². The molecule has 0 radical (unpaired) electrons. The summed E-state index contributed by atoms with van der Waals surface area (Å²) in [5, 5.41) is 3.17. The average Bonchev–Trinajstić information content (AvgIpc) is 2.18. The topological polar surface area (TPSA) is 58.6 Å². The van der Waals surface area contributed by atoms with E-state index >= 15 is 0 Å². The first-order chi connectivity index (χ1) is 7.08. The van der Waals surface area contributed by atoms with Gasteiger partial charge in [-0.15, -0.1) is 12.4 Å². The summed E-state index contributed by atoms with van der Waals surface area (Å²) in [6.07, 6.45) is 0.565. The van der Waals surface area contributed by atoms with Crippen LogP contribution in [0.15, 0.2) is 0 Å². The number of hydrogen-bond acceptors (Lipinski definition) is 4. The molecule has 0 aromatic carbocycles. The molecule has 1 rings (SSSR count). The second-order valence-corrected chi connectivity index (χ2v) is 5.87. The van der Waals surface area contributed by atoms with Crippen molar-refractivity contribution in [2.24, 2.45) is 0 Å². The van der Waals surface area contributed by atoms with Gasteiger partial charge in [-0.2, -0.15) is 4.31 Å². The minimum atomic E-state index is -3.09. The maximum absolute atomic E-state index is 11.9. The van der Waals surface area contributed by atoms with Gasteiger partial charge in [0.1, 0.15) is 0 Å². The van der Waals surface area contributed by atoms with E-state index in [4.69, 9.17) is 4.74 Å². The number of halogens is 1. The largest absolute Gasteiger partial charge is 0.385 e. The number of methoxy groups -OCH3 is 1. The van der Waals surface area contributed by atoms with Crippen molar-refractivity contribution in [3.05, 3.63) is 0 Å². The van der Waals surface area contributed by atoms with E-state index in [1.54, 1.807) is 11.4 Å². The summed E-state index contributed by atoms with van der Waals surface area (Å²) in [4.78, 5) is 0. The second-order valence-electron chi connectivity index (χ2n) is 3.83. The third-order valence-corrected chi connectivity index (χ3v) is 4.61. The van der Waals surface area contributed by atoms with Crippen LogP contribution in [-0.4, -0.2) is 57.9 Å². The van der Waals surface area contributed by atoms with Crippen molar-refractivity contribution < 1.29 is 13.2 Å². The van der Waals surface area contributed by atoms with Crippen molar-refractivity contribution in [2.45, 2.75) is 19.4 Å². The molecule has 0 saturated carbocycles. The van der Waals surface area contributed by atoms with Crippen molar-refractivity contribution >= 4 is 22.4 Å². The van der Waals surface area contributed by atoms with Gasteiger partial charge in [-0.25, -0.2) is 8.42 Å². The van der Waals surface area contributed by atoms with Crippen molar-refractivity contribution in [1.29, 1.82) is 0 Å². The van der Waals surface area contributed by atoms with E-state index in [0.717, 1.165) is 13.1 Å². The van der Waals surface area contributed by atoms with E-state index in [-0.39, 0.29) is 24.2 Å². The molecule has 0 aromatic rings. The summed E-state index contributed by atoms with van der Waals surface area (Å²) in [6.45, 7) is 4.49. The van der Waals surface area contributed by atoms with Gasteiger partial charge in [0.15, 0.2) is 0 Å². The molecular weight excluding hydrogens is 252 g/mol. The Morgan fingerprint density at radius 2 is 2.19 bits per heavy atom. The average molecular weight is 273 g/mol. The molecule has 7 heteroatoms. The molecule has 0 aromatic heterocycles. The number of rotatable bonds is 5. The fourth-order valence-corrected chi connectivity index (χ4v) is 3.45.